The Kier molecular flexibility index (Phi) is 2.76. The van der Waals surface area contributed by atoms with E-state index in [0.717, 1.165) is 36.5 Å². The van der Waals surface area contributed by atoms with Gasteiger partial charge in [-0.2, -0.15) is 4.39 Å². The smallest absolute Gasteiger partial charge is 0.213 e. The zero-order valence-corrected chi connectivity index (χ0v) is 10.1. The van der Waals surface area contributed by atoms with E-state index in [0.29, 0.717) is 5.69 Å². The first-order chi connectivity index (χ1) is 8.74. The highest BCUT2D eigenvalue weighted by Crippen LogP contribution is 2.25. The molecule has 0 amide bonds. The number of nitrogens with zero attached hydrogens (tertiary/aromatic N) is 4. The second-order valence-corrected chi connectivity index (χ2v) is 4.48. The van der Waals surface area contributed by atoms with Crippen LogP contribution >= 0.6 is 0 Å². The van der Waals surface area contributed by atoms with E-state index >= 15 is 0 Å². The average Bonchev–Trinajstić information content (AvgIpc) is 2.37. The van der Waals surface area contributed by atoms with Gasteiger partial charge in [0.2, 0.25) is 5.95 Å². The van der Waals surface area contributed by atoms with Gasteiger partial charge >= 0.3 is 0 Å². The van der Waals surface area contributed by atoms with Gasteiger partial charge in [-0.05, 0) is 25.6 Å². The molecule has 0 spiro atoms. The summed E-state index contributed by atoms with van der Waals surface area (Å²) in [6.07, 6.45) is 2.40. The minimum absolute atomic E-state index is 0.479. The van der Waals surface area contributed by atoms with Crippen molar-refractivity contribution in [1.82, 2.24) is 19.9 Å². The molecule has 2 aromatic rings. The molecule has 0 bridgehead atoms. The number of fused-ring (bicyclic) bond motifs is 1. The lowest BCUT2D eigenvalue weighted by atomic mass is 10.0. The summed E-state index contributed by atoms with van der Waals surface area (Å²) in [7, 11) is 2.06. The Morgan fingerprint density at radius 1 is 1.28 bits per heavy atom. The number of pyridine rings is 1. The van der Waals surface area contributed by atoms with Crippen molar-refractivity contribution >= 4 is 0 Å². The first-order valence-corrected chi connectivity index (χ1v) is 5.88. The van der Waals surface area contributed by atoms with E-state index in [1.807, 2.05) is 0 Å². The molecule has 0 saturated heterocycles. The molecule has 1 aliphatic heterocycles. The minimum Gasteiger partial charge on any atom is -0.300 e. The van der Waals surface area contributed by atoms with E-state index < -0.39 is 5.95 Å². The second-order valence-electron chi connectivity index (χ2n) is 4.48. The lowest BCUT2D eigenvalue weighted by Gasteiger charge is -2.24. The molecule has 0 aliphatic carbocycles. The van der Waals surface area contributed by atoms with Crippen molar-refractivity contribution in [3.63, 3.8) is 0 Å². The highest BCUT2D eigenvalue weighted by atomic mass is 19.1. The molecule has 1 aliphatic rings. The molecular weight excluding hydrogens is 231 g/mol. The maximum absolute atomic E-state index is 13.2. The van der Waals surface area contributed by atoms with Gasteiger partial charge in [-0.3, -0.25) is 0 Å². The van der Waals surface area contributed by atoms with E-state index in [2.05, 4.69) is 26.9 Å². The van der Waals surface area contributed by atoms with Gasteiger partial charge in [0.25, 0.3) is 0 Å². The number of aromatic nitrogens is 3. The monoisotopic (exact) mass is 244 g/mol. The van der Waals surface area contributed by atoms with Gasteiger partial charge in [0.15, 0.2) is 0 Å². The standard InChI is InChI=1S/C13H13FN4/c1-18-6-5-9-11(7-18)15-8-16-13(9)10-3-2-4-12(14)17-10/h2-4,8H,5-7H2,1H3. The molecule has 0 fully saturated rings. The van der Waals surface area contributed by atoms with Crippen LogP contribution in [-0.2, 0) is 13.0 Å². The Morgan fingerprint density at radius 2 is 2.17 bits per heavy atom. The maximum atomic E-state index is 13.2. The maximum Gasteiger partial charge on any atom is 0.213 e. The lowest BCUT2D eigenvalue weighted by molar-refractivity contribution is 0.307. The number of hydrogen-bond donors (Lipinski definition) is 0. The second kappa shape index (κ2) is 4.42. The predicted molar refractivity (Wildman–Crippen MR) is 65.3 cm³/mol. The SMILES string of the molecule is CN1CCc2c(ncnc2-c2cccc(F)n2)C1. The summed E-state index contributed by atoms with van der Waals surface area (Å²) >= 11 is 0. The Hall–Kier alpha value is -1.88. The fourth-order valence-corrected chi connectivity index (χ4v) is 2.25. The van der Waals surface area contributed by atoms with Crippen molar-refractivity contribution in [3.05, 3.63) is 41.7 Å². The molecule has 0 radical (unpaired) electrons. The van der Waals surface area contributed by atoms with Crippen LogP contribution < -0.4 is 0 Å². The first kappa shape index (κ1) is 11.2. The summed E-state index contributed by atoms with van der Waals surface area (Å²) in [6, 6.07) is 4.77. The van der Waals surface area contributed by atoms with Gasteiger partial charge in [-0.25, -0.2) is 15.0 Å². The molecule has 2 aromatic heterocycles. The third-order valence-corrected chi connectivity index (χ3v) is 3.16. The van der Waals surface area contributed by atoms with Crippen LogP contribution in [0.15, 0.2) is 24.5 Å². The zero-order chi connectivity index (χ0) is 12.5. The van der Waals surface area contributed by atoms with E-state index in [9.17, 15) is 4.39 Å². The Labute approximate surface area is 105 Å². The van der Waals surface area contributed by atoms with Crippen molar-refractivity contribution in [2.75, 3.05) is 13.6 Å². The molecule has 5 heteroatoms. The van der Waals surface area contributed by atoms with E-state index in [-0.39, 0.29) is 0 Å². The van der Waals surface area contributed by atoms with Crippen LogP contribution in [0.4, 0.5) is 4.39 Å². The molecule has 0 unspecified atom stereocenters. The van der Waals surface area contributed by atoms with Crippen LogP contribution in [0.5, 0.6) is 0 Å². The third-order valence-electron chi connectivity index (χ3n) is 3.16. The topological polar surface area (TPSA) is 41.9 Å². The van der Waals surface area contributed by atoms with E-state index in [1.54, 1.807) is 12.1 Å². The molecule has 0 N–H and O–H groups in total. The predicted octanol–water partition coefficient (Wildman–Crippen LogP) is 1.67. The van der Waals surface area contributed by atoms with Crippen LogP contribution in [0.25, 0.3) is 11.4 Å². The van der Waals surface area contributed by atoms with Crippen molar-refractivity contribution in [2.45, 2.75) is 13.0 Å². The fraction of sp³-hybridized carbons (Fsp3) is 0.308. The molecule has 3 heterocycles. The van der Waals surface area contributed by atoms with E-state index in [4.69, 9.17) is 0 Å². The van der Waals surface area contributed by atoms with Gasteiger partial charge in [-0.1, -0.05) is 6.07 Å². The largest absolute Gasteiger partial charge is 0.300 e. The summed E-state index contributed by atoms with van der Waals surface area (Å²) in [5.74, 6) is -0.479. The van der Waals surface area contributed by atoms with Gasteiger partial charge < -0.3 is 4.90 Å². The van der Waals surface area contributed by atoms with Crippen molar-refractivity contribution < 1.29 is 4.39 Å². The molecule has 4 nitrogen and oxygen atoms in total. The van der Waals surface area contributed by atoms with Crippen molar-refractivity contribution in [1.29, 1.82) is 0 Å². The summed E-state index contributed by atoms with van der Waals surface area (Å²) < 4.78 is 13.2. The van der Waals surface area contributed by atoms with Crippen LogP contribution in [0.3, 0.4) is 0 Å². The van der Waals surface area contributed by atoms with Gasteiger partial charge in [-0.15, -0.1) is 0 Å². The summed E-state index contributed by atoms with van der Waals surface area (Å²) in [5, 5.41) is 0. The summed E-state index contributed by atoms with van der Waals surface area (Å²) in [5.41, 5.74) is 3.44. The average molecular weight is 244 g/mol. The molecule has 18 heavy (non-hydrogen) atoms. The number of halogens is 1. The normalized spacial score (nSPS) is 15.4. The number of rotatable bonds is 1. The lowest BCUT2D eigenvalue weighted by Crippen LogP contribution is -2.28. The molecule has 0 saturated carbocycles. The van der Waals surface area contributed by atoms with Gasteiger partial charge in [0, 0.05) is 18.7 Å². The first-order valence-electron chi connectivity index (χ1n) is 5.88. The van der Waals surface area contributed by atoms with Crippen LogP contribution in [0, 0.1) is 5.95 Å². The van der Waals surface area contributed by atoms with Crippen molar-refractivity contribution in [2.24, 2.45) is 0 Å². The minimum atomic E-state index is -0.479. The van der Waals surface area contributed by atoms with Crippen LogP contribution in [0.2, 0.25) is 0 Å². The van der Waals surface area contributed by atoms with Crippen LogP contribution in [-0.4, -0.2) is 33.4 Å². The van der Waals surface area contributed by atoms with E-state index in [1.165, 1.54) is 12.4 Å². The molecule has 3 rings (SSSR count). The fourth-order valence-electron chi connectivity index (χ4n) is 2.25. The summed E-state index contributed by atoms with van der Waals surface area (Å²) in [4.78, 5) is 14.7. The molecule has 0 aromatic carbocycles. The Bertz CT molecular complexity index is 585. The van der Waals surface area contributed by atoms with Gasteiger partial charge in [0.05, 0.1) is 17.1 Å². The highest BCUT2D eigenvalue weighted by Gasteiger charge is 2.19. The quantitative estimate of drug-likeness (QED) is 0.715. The molecule has 92 valence electrons. The Morgan fingerprint density at radius 3 is 3.00 bits per heavy atom. The highest BCUT2D eigenvalue weighted by molar-refractivity contribution is 5.59. The molecular formula is C13H13FN4. The summed E-state index contributed by atoms with van der Waals surface area (Å²) in [6.45, 7) is 1.77. The number of hydrogen-bond acceptors (Lipinski definition) is 4. The van der Waals surface area contributed by atoms with Gasteiger partial charge in [0.1, 0.15) is 6.33 Å². The molecule has 0 atom stereocenters. The zero-order valence-electron chi connectivity index (χ0n) is 10.1. The Balaban J connectivity index is 2.11. The third kappa shape index (κ3) is 1.97. The van der Waals surface area contributed by atoms with Crippen LogP contribution in [0.1, 0.15) is 11.3 Å². The number of likely N-dealkylation sites (N-methyl/N-ethyl adjacent to an activating group) is 1. The van der Waals surface area contributed by atoms with Crippen molar-refractivity contribution in [3.8, 4) is 11.4 Å².